The minimum Gasteiger partial charge on any atom is -0.490 e. The molecule has 1 aliphatic carbocycles. The summed E-state index contributed by atoms with van der Waals surface area (Å²) in [6.45, 7) is 0.993. The molecule has 20 heavy (non-hydrogen) atoms. The number of carbonyl (C=O) groups is 1. The molecule has 2 N–H and O–H groups in total. The maximum absolute atomic E-state index is 11.5. The summed E-state index contributed by atoms with van der Waals surface area (Å²) < 4.78 is 10.7. The van der Waals surface area contributed by atoms with Gasteiger partial charge in [-0.1, -0.05) is 0 Å². The van der Waals surface area contributed by atoms with E-state index in [1.165, 1.54) is 12.8 Å². The number of methoxy groups -OCH3 is 1. The first-order chi connectivity index (χ1) is 9.78. The summed E-state index contributed by atoms with van der Waals surface area (Å²) in [5.74, 6) is 0.863. The van der Waals surface area contributed by atoms with Crippen LogP contribution in [0.2, 0.25) is 0 Å². The van der Waals surface area contributed by atoms with Crippen molar-refractivity contribution < 1.29 is 14.3 Å². The summed E-state index contributed by atoms with van der Waals surface area (Å²) >= 11 is 0. The Hall–Kier alpha value is -1.75. The number of hydrogen-bond acceptors (Lipinski definition) is 3. The maximum atomic E-state index is 11.5. The van der Waals surface area contributed by atoms with Crippen LogP contribution in [0.1, 0.15) is 25.7 Å². The molecule has 0 radical (unpaired) electrons. The molecule has 1 saturated carbocycles. The SMILES string of the molecule is COCCNC(=O)Nc1ccc(OC2CCCC2)cc1. The number of amides is 2. The highest BCUT2D eigenvalue weighted by Crippen LogP contribution is 2.24. The van der Waals surface area contributed by atoms with E-state index in [1.807, 2.05) is 24.3 Å². The van der Waals surface area contributed by atoms with Crippen molar-refractivity contribution in [3.05, 3.63) is 24.3 Å². The Morgan fingerprint density at radius 2 is 1.95 bits per heavy atom. The Balaban J connectivity index is 1.77. The molecule has 2 rings (SSSR count). The van der Waals surface area contributed by atoms with E-state index in [0.717, 1.165) is 24.3 Å². The van der Waals surface area contributed by atoms with Crippen LogP contribution >= 0.6 is 0 Å². The zero-order valence-corrected chi connectivity index (χ0v) is 11.9. The first kappa shape index (κ1) is 14.7. The number of rotatable bonds is 6. The van der Waals surface area contributed by atoms with Gasteiger partial charge in [-0.15, -0.1) is 0 Å². The number of nitrogens with one attached hydrogen (secondary N) is 2. The molecular weight excluding hydrogens is 256 g/mol. The van der Waals surface area contributed by atoms with Crippen LogP contribution in [-0.2, 0) is 4.74 Å². The Bertz CT molecular complexity index is 414. The van der Waals surface area contributed by atoms with Gasteiger partial charge in [0.2, 0.25) is 0 Å². The van der Waals surface area contributed by atoms with E-state index in [1.54, 1.807) is 7.11 Å². The molecule has 0 aromatic heterocycles. The Morgan fingerprint density at radius 1 is 1.25 bits per heavy atom. The van der Waals surface area contributed by atoms with Gasteiger partial charge in [-0.05, 0) is 49.9 Å². The molecule has 0 saturated heterocycles. The van der Waals surface area contributed by atoms with Crippen LogP contribution in [0.4, 0.5) is 10.5 Å². The third-order valence-electron chi connectivity index (χ3n) is 3.31. The molecule has 0 spiro atoms. The zero-order chi connectivity index (χ0) is 14.2. The molecule has 0 aliphatic heterocycles. The topological polar surface area (TPSA) is 59.6 Å². The van der Waals surface area contributed by atoms with Gasteiger partial charge in [0.25, 0.3) is 0 Å². The lowest BCUT2D eigenvalue weighted by Gasteiger charge is -2.13. The number of anilines is 1. The molecule has 1 fully saturated rings. The monoisotopic (exact) mass is 278 g/mol. The van der Waals surface area contributed by atoms with Crippen LogP contribution < -0.4 is 15.4 Å². The summed E-state index contributed by atoms with van der Waals surface area (Å²) in [7, 11) is 1.60. The lowest BCUT2D eigenvalue weighted by atomic mass is 10.3. The third-order valence-corrected chi connectivity index (χ3v) is 3.31. The highest BCUT2D eigenvalue weighted by molar-refractivity contribution is 5.89. The second-order valence-electron chi connectivity index (χ2n) is 4.92. The minimum atomic E-state index is -0.230. The van der Waals surface area contributed by atoms with Crippen molar-refractivity contribution in [1.82, 2.24) is 5.32 Å². The zero-order valence-electron chi connectivity index (χ0n) is 11.9. The van der Waals surface area contributed by atoms with E-state index in [4.69, 9.17) is 9.47 Å². The van der Waals surface area contributed by atoms with Gasteiger partial charge in [-0.25, -0.2) is 4.79 Å². The van der Waals surface area contributed by atoms with Gasteiger partial charge in [0.1, 0.15) is 5.75 Å². The second-order valence-corrected chi connectivity index (χ2v) is 4.92. The molecule has 1 aliphatic rings. The van der Waals surface area contributed by atoms with Crippen LogP contribution in [0, 0.1) is 0 Å². The van der Waals surface area contributed by atoms with Crippen LogP contribution in [-0.4, -0.2) is 32.4 Å². The van der Waals surface area contributed by atoms with Gasteiger partial charge in [-0.2, -0.15) is 0 Å². The van der Waals surface area contributed by atoms with Crippen LogP contribution in [0.3, 0.4) is 0 Å². The highest BCUT2D eigenvalue weighted by Gasteiger charge is 2.16. The molecule has 0 unspecified atom stereocenters. The molecule has 1 aromatic rings. The van der Waals surface area contributed by atoms with Crippen molar-refractivity contribution in [2.24, 2.45) is 0 Å². The summed E-state index contributed by atoms with van der Waals surface area (Å²) in [5.41, 5.74) is 0.749. The normalized spacial score (nSPS) is 15.1. The van der Waals surface area contributed by atoms with Crippen LogP contribution in [0.15, 0.2) is 24.3 Å². The van der Waals surface area contributed by atoms with Crippen LogP contribution in [0.25, 0.3) is 0 Å². The largest absolute Gasteiger partial charge is 0.490 e. The fraction of sp³-hybridized carbons (Fsp3) is 0.533. The third kappa shape index (κ3) is 4.74. The maximum Gasteiger partial charge on any atom is 0.319 e. The van der Waals surface area contributed by atoms with Crippen molar-refractivity contribution in [3.63, 3.8) is 0 Å². The molecule has 1 aromatic carbocycles. The Labute approximate surface area is 119 Å². The average Bonchev–Trinajstić information content (AvgIpc) is 2.94. The molecule has 0 bridgehead atoms. The van der Waals surface area contributed by atoms with Gasteiger partial charge < -0.3 is 20.1 Å². The minimum absolute atomic E-state index is 0.230. The Kier molecular flexibility index (Phi) is 5.68. The van der Waals surface area contributed by atoms with E-state index in [-0.39, 0.29) is 6.03 Å². The van der Waals surface area contributed by atoms with Crippen molar-refractivity contribution in [1.29, 1.82) is 0 Å². The second kappa shape index (κ2) is 7.75. The van der Waals surface area contributed by atoms with Crippen molar-refractivity contribution in [3.8, 4) is 5.75 Å². The first-order valence-electron chi connectivity index (χ1n) is 7.08. The fourth-order valence-corrected chi connectivity index (χ4v) is 2.26. The van der Waals surface area contributed by atoms with Crippen molar-refractivity contribution >= 4 is 11.7 Å². The van der Waals surface area contributed by atoms with Gasteiger partial charge >= 0.3 is 6.03 Å². The Morgan fingerprint density at radius 3 is 2.60 bits per heavy atom. The summed E-state index contributed by atoms with van der Waals surface area (Å²) in [6.07, 6.45) is 5.15. The number of carbonyl (C=O) groups excluding carboxylic acids is 1. The predicted octanol–water partition coefficient (Wildman–Crippen LogP) is 2.78. The van der Waals surface area contributed by atoms with Gasteiger partial charge in [-0.3, -0.25) is 0 Å². The molecular formula is C15H22N2O3. The number of urea groups is 1. The summed E-state index contributed by atoms with van der Waals surface area (Å²) in [6, 6.07) is 7.25. The molecule has 5 heteroatoms. The summed E-state index contributed by atoms with van der Waals surface area (Å²) in [5, 5.41) is 5.46. The van der Waals surface area contributed by atoms with E-state index < -0.39 is 0 Å². The smallest absolute Gasteiger partial charge is 0.319 e. The number of benzene rings is 1. The lowest BCUT2D eigenvalue weighted by molar-refractivity contribution is 0.198. The van der Waals surface area contributed by atoms with Crippen molar-refractivity contribution in [2.75, 3.05) is 25.6 Å². The predicted molar refractivity (Wildman–Crippen MR) is 78.2 cm³/mol. The molecule has 5 nitrogen and oxygen atoms in total. The van der Waals surface area contributed by atoms with Gasteiger partial charge in [0, 0.05) is 19.3 Å². The van der Waals surface area contributed by atoms with Gasteiger partial charge in [0.05, 0.1) is 12.7 Å². The number of hydrogen-bond donors (Lipinski definition) is 2. The molecule has 110 valence electrons. The molecule has 2 amide bonds. The van der Waals surface area contributed by atoms with Gasteiger partial charge in [0.15, 0.2) is 0 Å². The molecule has 0 heterocycles. The quantitative estimate of drug-likeness (QED) is 0.787. The standard InChI is InChI=1S/C15H22N2O3/c1-19-11-10-16-15(18)17-12-6-8-14(9-7-12)20-13-4-2-3-5-13/h6-9,13H,2-5,10-11H2,1H3,(H2,16,17,18). The average molecular weight is 278 g/mol. The van der Waals surface area contributed by atoms with Crippen molar-refractivity contribution in [2.45, 2.75) is 31.8 Å². The lowest BCUT2D eigenvalue weighted by Crippen LogP contribution is -2.31. The van der Waals surface area contributed by atoms with E-state index >= 15 is 0 Å². The van der Waals surface area contributed by atoms with E-state index in [9.17, 15) is 4.79 Å². The van der Waals surface area contributed by atoms with Crippen LogP contribution in [0.5, 0.6) is 5.75 Å². The molecule has 0 atom stereocenters. The fourth-order valence-electron chi connectivity index (χ4n) is 2.26. The summed E-state index contributed by atoms with van der Waals surface area (Å²) in [4.78, 5) is 11.5. The first-order valence-corrected chi connectivity index (χ1v) is 7.08. The van der Waals surface area contributed by atoms with E-state index in [2.05, 4.69) is 10.6 Å². The highest BCUT2D eigenvalue weighted by atomic mass is 16.5. The van der Waals surface area contributed by atoms with E-state index in [0.29, 0.717) is 19.3 Å². The number of ether oxygens (including phenoxy) is 2.